The first kappa shape index (κ1) is 16.9. The molecule has 0 unspecified atom stereocenters. The lowest BCUT2D eigenvalue weighted by Gasteiger charge is -2.18. The lowest BCUT2D eigenvalue weighted by atomic mass is 10.2. The lowest BCUT2D eigenvalue weighted by molar-refractivity contribution is -0.143. The third kappa shape index (κ3) is 6.21. The molecule has 0 atom stereocenters. The van der Waals surface area contributed by atoms with Crippen LogP contribution < -0.4 is 0 Å². The summed E-state index contributed by atoms with van der Waals surface area (Å²) in [6, 6.07) is 5.85. The molecule has 0 aliphatic rings. The number of amides is 1. The second kappa shape index (κ2) is 8.89. The van der Waals surface area contributed by atoms with Crippen molar-refractivity contribution in [1.82, 2.24) is 4.90 Å². The molecule has 0 N–H and O–H groups in total. The summed E-state index contributed by atoms with van der Waals surface area (Å²) in [5, 5.41) is 0. The van der Waals surface area contributed by atoms with E-state index in [1.165, 1.54) is 18.2 Å². The molecular weight excluding hydrogens is 273 g/mol. The molecule has 21 heavy (non-hydrogen) atoms. The van der Waals surface area contributed by atoms with Crippen LogP contribution in [0.1, 0.15) is 25.8 Å². The number of benzene rings is 1. The zero-order chi connectivity index (χ0) is 15.7. The lowest BCUT2D eigenvalue weighted by Crippen LogP contribution is -2.31. The summed E-state index contributed by atoms with van der Waals surface area (Å²) in [6.07, 6.45) is 3.22. The van der Waals surface area contributed by atoms with E-state index in [0.717, 1.165) is 5.56 Å². The van der Waals surface area contributed by atoms with Crippen molar-refractivity contribution in [2.24, 2.45) is 0 Å². The molecule has 0 fully saturated rings. The summed E-state index contributed by atoms with van der Waals surface area (Å²) in [5.41, 5.74) is 0.742. The molecule has 0 radical (unpaired) electrons. The number of hydrogen-bond acceptors (Lipinski definition) is 3. The fourth-order valence-corrected chi connectivity index (χ4v) is 1.73. The van der Waals surface area contributed by atoms with Crippen molar-refractivity contribution in [3.05, 3.63) is 41.7 Å². The van der Waals surface area contributed by atoms with Crippen molar-refractivity contribution < 1.29 is 18.7 Å². The van der Waals surface area contributed by atoms with Gasteiger partial charge in [-0.3, -0.25) is 9.59 Å². The van der Waals surface area contributed by atoms with Gasteiger partial charge in [-0.15, -0.1) is 0 Å². The molecule has 4 nitrogen and oxygen atoms in total. The summed E-state index contributed by atoms with van der Waals surface area (Å²) in [7, 11) is 0. The van der Waals surface area contributed by atoms with Gasteiger partial charge in [0.15, 0.2) is 0 Å². The molecule has 1 amide bonds. The van der Waals surface area contributed by atoms with Crippen LogP contribution in [0.15, 0.2) is 30.3 Å². The third-order valence-corrected chi connectivity index (χ3v) is 2.87. The predicted octanol–water partition coefficient (Wildman–Crippen LogP) is 2.64. The minimum absolute atomic E-state index is 0.178. The largest absolute Gasteiger partial charge is 0.466 e. The zero-order valence-electron chi connectivity index (χ0n) is 12.3. The molecule has 0 bridgehead atoms. The quantitative estimate of drug-likeness (QED) is 0.573. The Morgan fingerprint density at radius 2 is 1.90 bits per heavy atom. The first-order valence-electron chi connectivity index (χ1n) is 6.95. The number of nitrogens with zero attached hydrogens (tertiary/aromatic N) is 1. The minimum atomic E-state index is -0.317. The average molecular weight is 293 g/mol. The standard InChI is InChI=1S/C16H20FNO3/c1-3-18(12-11-16(20)21-4-2)15(19)10-7-13-5-8-14(17)9-6-13/h5-10H,3-4,11-12H2,1-2H3/b10-7+. The van der Waals surface area contributed by atoms with E-state index in [0.29, 0.717) is 19.7 Å². The first-order chi connectivity index (χ1) is 10.1. The monoisotopic (exact) mass is 293 g/mol. The van der Waals surface area contributed by atoms with Gasteiger partial charge in [-0.2, -0.15) is 0 Å². The van der Waals surface area contributed by atoms with E-state index in [1.54, 1.807) is 30.0 Å². The molecular formula is C16H20FNO3. The Morgan fingerprint density at radius 3 is 2.48 bits per heavy atom. The van der Waals surface area contributed by atoms with Crippen molar-refractivity contribution in [3.8, 4) is 0 Å². The predicted molar refractivity (Wildman–Crippen MR) is 78.9 cm³/mol. The van der Waals surface area contributed by atoms with E-state index < -0.39 is 0 Å². The summed E-state index contributed by atoms with van der Waals surface area (Å²) in [5.74, 6) is -0.819. The van der Waals surface area contributed by atoms with Gasteiger partial charge in [0, 0.05) is 19.2 Å². The Kier molecular flexibility index (Phi) is 7.15. The fraction of sp³-hybridized carbons (Fsp3) is 0.375. The number of hydrogen-bond donors (Lipinski definition) is 0. The van der Waals surface area contributed by atoms with E-state index in [4.69, 9.17) is 4.74 Å². The molecule has 0 heterocycles. The number of likely N-dealkylation sites (N-methyl/N-ethyl adjacent to an activating group) is 1. The van der Waals surface area contributed by atoms with Crippen LogP contribution >= 0.6 is 0 Å². The summed E-state index contributed by atoms with van der Waals surface area (Å²) in [4.78, 5) is 24.8. The van der Waals surface area contributed by atoms with Crippen LogP contribution in [0.5, 0.6) is 0 Å². The van der Waals surface area contributed by atoms with Crippen molar-refractivity contribution in [2.75, 3.05) is 19.7 Å². The van der Waals surface area contributed by atoms with Gasteiger partial charge in [0.2, 0.25) is 5.91 Å². The van der Waals surface area contributed by atoms with Crippen molar-refractivity contribution >= 4 is 18.0 Å². The normalized spacial score (nSPS) is 10.6. The number of halogens is 1. The second-order valence-electron chi connectivity index (χ2n) is 4.36. The highest BCUT2D eigenvalue weighted by Gasteiger charge is 2.11. The maximum absolute atomic E-state index is 12.8. The van der Waals surface area contributed by atoms with Crippen LogP contribution in [0, 0.1) is 5.82 Å². The topological polar surface area (TPSA) is 46.6 Å². The molecule has 114 valence electrons. The van der Waals surface area contributed by atoms with Gasteiger partial charge in [-0.05, 0) is 37.6 Å². The Balaban J connectivity index is 2.54. The Hall–Kier alpha value is -2.17. The molecule has 0 spiro atoms. The van der Waals surface area contributed by atoms with Crippen LogP contribution in [0.3, 0.4) is 0 Å². The first-order valence-corrected chi connectivity index (χ1v) is 6.95. The van der Waals surface area contributed by atoms with Gasteiger partial charge in [-0.1, -0.05) is 12.1 Å². The Morgan fingerprint density at radius 1 is 1.24 bits per heavy atom. The highest BCUT2D eigenvalue weighted by Crippen LogP contribution is 2.05. The molecule has 5 heteroatoms. The SMILES string of the molecule is CCOC(=O)CCN(CC)C(=O)/C=C/c1ccc(F)cc1. The summed E-state index contributed by atoms with van der Waals surface area (Å²) in [6.45, 7) is 4.75. The van der Waals surface area contributed by atoms with Crippen LogP contribution in [-0.4, -0.2) is 36.5 Å². The van der Waals surface area contributed by atoms with E-state index in [2.05, 4.69) is 0 Å². The maximum atomic E-state index is 12.8. The van der Waals surface area contributed by atoms with Crippen molar-refractivity contribution in [1.29, 1.82) is 0 Å². The fourth-order valence-electron chi connectivity index (χ4n) is 1.73. The molecule has 1 rings (SSSR count). The summed E-state index contributed by atoms with van der Waals surface area (Å²) >= 11 is 0. The van der Waals surface area contributed by atoms with E-state index >= 15 is 0 Å². The van der Waals surface area contributed by atoms with E-state index in [1.807, 2.05) is 6.92 Å². The van der Waals surface area contributed by atoms with Crippen LogP contribution in [0.2, 0.25) is 0 Å². The van der Waals surface area contributed by atoms with Crippen LogP contribution in [-0.2, 0) is 14.3 Å². The van der Waals surface area contributed by atoms with Crippen LogP contribution in [0.25, 0.3) is 6.08 Å². The molecule has 0 saturated heterocycles. The number of ether oxygens (including phenoxy) is 1. The number of esters is 1. The number of rotatable bonds is 7. The highest BCUT2D eigenvalue weighted by atomic mass is 19.1. The highest BCUT2D eigenvalue weighted by molar-refractivity contribution is 5.92. The van der Waals surface area contributed by atoms with Gasteiger partial charge in [0.1, 0.15) is 5.82 Å². The molecule has 0 saturated carbocycles. The maximum Gasteiger partial charge on any atom is 0.307 e. The van der Waals surface area contributed by atoms with Gasteiger partial charge in [0.05, 0.1) is 13.0 Å². The van der Waals surface area contributed by atoms with Gasteiger partial charge < -0.3 is 9.64 Å². The minimum Gasteiger partial charge on any atom is -0.466 e. The smallest absolute Gasteiger partial charge is 0.307 e. The Bertz CT molecular complexity index is 497. The van der Waals surface area contributed by atoms with Crippen LogP contribution in [0.4, 0.5) is 4.39 Å². The summed E-state index contributed by atoms with van der Waals surface area (Å²) < 4.78 is 17.6. The molecule has 1 aromatic rings. The van der Waals surface area contributed by atoms with Crippen molar-refractivity contribution in [2.45, 2.75) is 20.3 Å². The number of carbonyl (C=O) groups excluding carboxylic acids is 2. The van der Waals surface area contributed by atoms with Gasteiger partial charge in [0.25, 0.3) is 0 Å². The molecule has 0 aliphatic heterocycles. The average Bonchev–Trinajstić information content (AvgIpc) is 2.47. The zero-order valence-corrected chi connectivity index (χ0v) is 12.3. The third-order valence-electron chi connectivity index (χ3n) is 2.87. The number of carbonyl (C=O) groups is 2. The second-order valence-corrected chi connectivity index (χ2v) is 4.36. The van der Waals surface area contributed by atoms with Gasteiger partial charge >= 0.3 is 5.97 Å². The molecule has 0 aliphatic carbocycles. The van der Waals surface area contributed by atoms with Crippen molar-refractivity contribution in [3.63, 3.8) is 0 Å². The van der Waals surface area contributed by atoms with Gasteiger partial charge in [-0.25, -0.2) is 4.39 Å². The van der Waals surface area contributed by atoms with E-state index in [9.17, 15) is 14.0 Å². The van der Waals surface area contributed by atoms with E-state index in [-0.39, 0.29) is 24.1 Å². The molecule has 0 aromatic heterocycles. The molecule has 1 aromatic carbocycles. The Labute approximate surface area is 124 Å².